The molecule has 5 nitrogen and oxygen atoms in total. The van der Waals surface area contributed by atoms with E-state index in [1.54, 1.807) is 14.2 Å². The number of unbranched alkanes of at least 4 members (excludes halogenated alkanes) is 14. The molecule has 0 heterocycles. The standard InChI is InChI=1S/C39H65NO4/c1-5-7-9-11-13-14-15-16-17-19-29-43-34-39(44-30-20-18-12-10-8-6-2)33-40(31-35-21-25-37(41-3)26-22-35)32-36-23-27-38(42-4)28-24-36/h21-28,39H,5-20,29-34H2,1-4H3. The molecular weight excluding hydrogens is 546 g/mol. The van der Waals surface area contributed by atoms with E-state index in [9.17, 15) is 0 Å². The second kappa shape index (κ2) is 26.2. The van der Waals surface area contributed by atoms with Gasteiger partial charge < -0.3 is 18.9 Å². The monoisotopic (exact) mass is 611 g/mol. The second-order valence-corrected chi connectivity index (χ2v) is 12.4. The quantitative estimate of drug-likeness (QED) is 0.0856. The van der Waals surface area contributed by atoms with E-state index in [0.29, 0.717) is 6.61 Å². The summed E-state index contributed by atoms with van der Waals surface area (Å²) in [6.45, 7) is 9.33. The lowest BCUT2D eigenvalue weighted by Gasteiger charge is -2.28. The van der Waals surface area contributed by atoms with Crippen LogP contribution >= 0.6 is 0 Å². The lowest BCUT2D eigenvalue weighted by atomic mass is 10.1. The van der Waals surface area contributed by atoms with Crippen LogP contribution in [0.5, 0.6) is 11.5 Å². The van der Waals surface area contributed by atoms with Gasteiger partial charge in [-0.1, -0.05) is 128 Å². The average Bonchev–Trinajstić information content (AvgIpc) is 3.05. The van der Waals surface area contributed by atoms with Crippen molar-refractivity contribution in [1.29, 1.82) is 0 Å². The molecule has 0 aromatic heterocycles. The number of benzene rings is 2. The van der Waals surface area contributed by atoms with Crippen LogP contribution < -0.4 is 9.47 Å². The van der Waals surface area contributed by atoms with E-state index in [1.807, 2.05) is 24.3 Å². The number of methoxy groups -OCH3 is 2. The van der Waals surface area contributed by atoms with Crippen molar-refractivity contribution < 1.29 is 18.9 Å². The van der Waals surface area contributed by atoms with Gasteiger partial charge in [-0.2, -0.15) is 0 Å². The molecule has 0 bridgehead atoms. The van der Waals surface area contributed by atoms with Crippen LogP contribution in [0.1, 0.15) is 128 Å². The molecule has 0 amide bonds. The Morgan fingerprint density at radius 2 is 0.932 bits per heavy atom. The average molecular weight is 612 g/mol. The van der Waals surface area contributed by atoms with E-state index in [-0.39, 0.29) is 6.10 Å². The van der Waals surface area contributed by atoms with Gasteiger partial charge in [0.2, 0.25) is 0 Å². The molecule has 2 aromatic rings. The molecule has 0 N–H and O–H groups in total. The fourth-order valence-electron chi connectivity index (χ4n) is 5.64. The van der Waals surface area contributed by atoms with Gasteiger partial charge >= 0.3 is 0 Å². The van der Waals surface area contributed by atoms with Crippen molar-refractivity contribution in [2.75, 3.05) is 40.6 Å². The second-order valence-electron chi connectivity index (χ2n) is 12.4. The Labute approximate surface area is 271 Å². The van der Waals surface area contributed by atoms with Crippen molar-refractivity contribution in [2.45, 2.75) is 136 Å². The highest BCUT2D eigenvalue weighted by Crippen LogP contribution is 2.18. The van der Waals surface area contributed by atoms with E-state index in [0.717, 1.165) is 57.2 Å². The van der Waals surface area contributed by atoms with Crippen LogP contribution in [0.15, 0.2) is 48.5 Å². The summed E-state index contributed by atoms with van der Waals surface area (Å²) in [5.41, 5.74) is 2.53. The molecular formula is C39H65NO4. The van der Waals surface area contributed by atoms with Crippen LogP contribution in [0.25, 0.3) is 0 Å². The van der Waals surface area contributed by atoms with E-state index >= 15 is 0 Å². The molecule has 44 heavy (non-hydrogen) atoms. The Kier molecular flexibility index (Phi) is 22.7. The first kappa shape index (κ1) is 38.1. The summed E-state index contributed by atoms with van der Waals surface area (Å²) >= 11 is 0. The molecule has 0 aliphatic carbocycles. The lowest BCUT2D eigenvalue weighted by molar-refractivity contribution is -0.0366. The highest BCUT2D eigenvalue weighted by atomic mass is 16.5. The maximum atomic E-state index is 6.52. The van der Waals surface area contributed by atoms with Gasteiger partial charge in [0.25, 0.3) is 0 Å². The van der Waals surface area contributed by atoms with Crippen LogP contribution in [-0.2, 0) is 22.6 Å². The number of hydrogen-bond acceptors (Lipinski definition) is 5. The molecule has 5 heteroatoms. The predicted molar refractivity (Wildman–Crippen MR) is 186 cm³/mol. The summed E-state index contributed by atoms with van der Waals surface area (Å²) in [4.78, 5) is 2.49. The molecule has 0 aliphatic heterocycles. The van der Waals surface area contributed by atoms with E-state index < -0.39 is 0 Å². The molecule has 1 unspecified atom stereocenters. The summed E-state index contributed by atoms with van der Waals surface area (Å²) in [5.74, 6) is 1.77. The van der Waals surface area contributed by atoms with Crippen molar-refractivity contribution >= 4 is 0 Å². The summed E-state index contributed by atoms with van der Waals surface area (Å²) in [7, 11) is 3.43. The highest BCUT2D eigenvalue weighted by Gasteiger charge is 2.17. The fourth-order valence-corrected chi connectivity index (χ4v) is 5.64. The predicted octanol–water partition coefficient (Wildman–Crippen LogP) is 10.4. The van der Waals surface area contributed by atoms with Gasteiger partial charge in [0.05, 0.1) is 26.9 Å². The van der Waals surface area contributed by atoms with Crippen LogP contribution in [-0.4, -0.2) is 51.6 Å². The zero-order chi connectivity index (χ0) is 31.5. The Bertz CT molecular complexity index is 852. The summed E-state index contributed by atoms with van der Waals surface area (Å²) in [6.07, 6.45) is 21.1. The third-order valence-corrected chi connectivity index (χ3v) is 8.39. The maximum absolute atomic E-state index is 6.52. The van der Waals surface area contributed by atoms with Crippen molar-refractivity contribution in [2.24, 2.45) is 0 Å². The largest absolute Gasteiger partial charge is 0.497 e. The first-order valence-corrected chi connectivity index (χ1v) is 17.9. The molecule has 2 aromatic carbocycles. The molecule has 1 atom stereocenters. The topological polar surface area (TPSA) is 40.2 Å². The van der Waals surface area contributed by atoms with Gasteiger partial charge in [-0.05, 0) is 48.2 Å². The minimum Gasteiger partial charge on any atom is -0.497 e. The SMILES string of the molecule is CCCCCCCCCCCCOCC(CN(Cc1ccc(OC)cc1)Cc1ccc(OC)cc1)OCCCCCCCC. The van der Waals surface area contributed by atoms with Gasteiger partial charge in [-0.25, -0.2) is 0 Å². The summed E-state index contributed by atoms with van der Waals surface area (Å²) in [5, 5.41) is 0. The molecule has 0 saturated heterocycles. The first-order valence-electron chi connectivity index (χ1n) is 17.9. The first-order chi connectivity index (χ1) is 21.7. The Morgan fingerprint density at radius 1 is 0.523 bits per heavy atom. The van der Waals surface area contributed by atoms with Gasteiger partial charge in [-0.15, -0.1) is 0 Å². The Hall–Kier alpha value is -2.08. The highest BCUT2D eigenvalue weighted by molar-refractivity contribution is 5.28. The van der Waals surface area contributed by atoms with Crippen LogP contribution in [0, 0.1) is 0 Å². The lowest BCUT2D eigenvalue weighted by Crippen LogP contribution is -2.36. The molecule has 0 aliphatic rings. The van der Waals surface area contributed by atoms with Gasteiger partial charge in [0.15, 0.2) is 0 Å². The van der Waals surface area contributed by atoms with E-state index in [2.05, 4.69) is 43.0 Å². The molecule has 2 rings (SSSR count). The zero-order valence-electron chi connectivity index (χ0n) is 28.8. The van der Waals surface area contributed by atoms with E-state index in [1.165, 1.54) is 101 Å². The number of rotatable bonds is 29. The Balaban J connectivity index is 1.90. The van der Waals surface area contributed by atoms with Crippen LogP contribution in [0.4, 0.5) is 0 Å². The van der Waals surface area contributed by atoms with Gasteiger partial charge in [-0.3, -0.25) is 4.90 Å². The third-order valence-electron chi connectivity index (χ3n) is 8.39. The maximum Gasteiger partial charge on any atom is 0.118 e. The van der Waals surface area contributed by atoms with Crippen molar-refractivity contribution in [1.82, 2.24) is 4.90 Å². The smallest absolute Gasteiger partial charge is 0.118 e. The summed E-state index contributed by atoms with van der Waals surface area (Å²) in [6, 6.07) is 16.8. The molecule has 0 radical (unpaired) electrons. The van der Waals surface area contributed by atoms with Crippen molar-refractivity contribution in [3.63, 3.8) is 0 Å². The van der Waals surface area contributed by atoms with Crippen molar-refractivity contribution in [3.8, 4) is 11.5 Å². The number of hydrogen-bond donors (Lipinski definition) is 0. The molecule has 250 valence electrons. The number of nitrogens with zero attached hydrogens (tertiary/aromatic N) is 1. The Morgan fingerprint density at radius 3 is 1.36 bits per heavy atom. The van der Waals surface area contributed by atoms with Crippen molar-refractivity contribution in [3.05, 3.63) is 59.7 Å². The molecule has 0 spiro atoms. The fraction of sp³-hybridized carbons (Fsp3) is 0.692. The van der Waals surface area contributed by atoms with E-state index in [4.69, 9.17) is 18.9 Å². The minimum absolute atomic E-state index is 0.0465. The van der Waals surface area contributed by atoms with Crippen LogP contribution in [0.3, 0.4) is 0 Å². The normalized spacial score (nSPS) is 12.1. The van der Waals surface area contributed by atoms with Crippen LogP contribution in [0.2, 0.25) is 0 Å². The summed E-state index contributed by atoms with van der Waals surface area (Å²) < 4.78 is 23.6. The zero-order valence-corrected chi connectivity index (χ0v) is 28.8. The number of ether oxygens (including phenoxy) is 4. The molecule has 0 fully saturated rings. The van der Waals surface area contributed by atoms with Gasteiger partial charge in [0.1, 0.15) is 11.5 Å². The minimum atomic E-state index is 0.0465. The molecule has 0 saturated carbocycles. The third kappa shape index (κ3) is 18.7. The van der Waals surface area contributed by atoms with Gasteiger partial charge in [0, 0.05) is 32.8 Å².